The van der Waals surface area contributed by atoms with Gasteiger partial charge in [-0.25, -0.2) is 4.98 Å². The predicted octanol–water partition coefficient (Wildman–Crippen LogP) is 6.23. The summed E-state index contributed by atoms with van der Waals surface area (Å²) in [6, 6.07) is 29.3. The molecule has 3 heterocycles. The second-order valence-electron chi connectivity index (χ2n) is 6.93. The fraction of sp³-hybridized carbons (Fsp3) is 0.0417. The molecule has 0 spiro atoms. The molecule has 0 aliphatic carbocycles. The van der Waals surface area contributed by atoms with E-state index in [1.165, 1.54) is 17.1 Å². The summed E-state index contributed by atoms with van der Waals surface area (Å²) in [6.45, 7) is 0.729. The standard InChI is InChI=1S/C24H17N3O/c1-2-8-17(9-3-1)26-16-27(21-13-5-4-12-20(21)26)22-14-6-10-18-19-11-7-15-25-24(19)28-23(18)22/h1-15H,16H2. The van der Waals surface area contributed by atoms with Crippen LogP contribution in [0, 0.1) is 0 Å². The zero-order valence-electron chi connectivity index (χ0n) is 15.1. The molecule has 4 heteroatoms. The van der Waals surface area contributed by atoms with Crippen LogP contribution in [0.25, 0.3) is 22.1 Å². The van der Waals surface area contributed by atoms with Gasteiger partial charge in [0.2, 0.25) is 5.71 Å². The van der Waals surface area contributed by atoms with Gasteiger partial charge >= 0.3 is 0 Å². The van der Waals surface area contributed by atoms with E-state index in [-0.39, 0.29) is 0 Å². The summed E-state index contributed by atoms with van der Waals surface area (Å²) in [5, 5.41) is 2.14. The lowest BCUT2D eigenvalue weighted by atomic mass is 10.1. The van der Waals surface area contributed by atoms with Crippen molar-refractivity contribution in [2.24, 2.45) is 0 Å². The van der Waals surface area contributed by atoms with Crippen LogP contribution in [0.1, 0.15) is 0 Å². The maximum Gasteiger partial charge on any atom is 0.227 e. The second kappa shape index (κ2) is 5.86. The number of anilines is 4. The van der Waals surface area contributed by atoms with Crippen molar-refractivity contribution in [2.45, 2.75) is 0 Å². The van der Waals surface area contributed by atoms with E-state index in [1.807, 2.05) is 12.1 Å². The predicted molar refractivity (Wildman–Crippen MR) is 114 cm³/mol. The van der Waals surface area contributed by atoms with Crippen LogP contribution in [0.4, 0.5) is 22.7 Å². The molecule has 5 aromatic rings. The van der Waals surface area contributed by atoms with Crippen molar-refractivity contribution in [1.82, 2.24) is 4.98 Å². The Bertz CT molecular complexity index is 1310. The Morgan fingerprint density at radius 3 is 2.21 bits per heavy atom. The van der Waals surface area contributed by atoms with Crippen molar-refractivity contribution in [3.8, 4) is 0 Å². The number of rotatable bonds is 2. The van der Waals surface area contributed by atoms with Crippen LogP contribution in [0.5, 0.6) is 0 Å². The molecule has 0 N–H and O–H groups in total. The quantitative estimate of drug-likeness (QED) is 0.372. The molecule has 6 rings (SSSR count). The molecule has 3 aromatic carbocycles. The first-order valence-corrected chi connectivity index (χ1v) is 9.35. The lowest BCUT2D eigenvalue weighted by Crippen LogP contribution is -2.23. The highest BCUT2D eigenvalue weighted by Crippen LogP contribution is 2.46. The number of para-hydroxylation sites is 4. The topological polar surface area (TPSA) is 32.5 Å². The van der Waals surface area contributed by atoms with Crippen molar-refractivity contribution in [3.63, 3.8) is 0 Å². The minimum Gasteiger partial charge on any atom is -0.436 e. The van der Waals surface area contributed by atoms with Crippen molar-refractivity contribution in [2.75, 3.05) is 16.5 Å². The van der Waals surface area contributed by atoms with E-state index in [0.717, 1.165) is 28.7 Å². The number of aromatic nitrogens is 1. The molecule has 0 amide bonds. The highest BCUT2D eigenvalue weighted by molar-refractivity contribution is 6.09. The zero-order chi connectivity index (χ0) is 18.5. The highest BCUT2D eigenvalue weighted by Gasteiger charge is 2.29. The Morgan fingerprint density at radius 1 is 0.643 bits per heavy atom. The molecule has 0 unspecified atom stereocenters. The fourth-order valence-electron chi connectivity index (χ4n) is 4.08. The summed E-state index contributed by atoms with van der Waals surface area (Å²) >= 11 is 0. The maximum absolute atomic E-state index is 6.18. The summed E-state index contributed by atoms with van der Waals surface area (Å²) in [5.41, 5.74) is 6.16. The molecule has 0 saturated heterocycles. The molecule has 0 fully saturated rings. The number of furan rings is 1. The fourth-order valence-corrected chi connectivity index (χ4v) is 4.08. The van der Waals surface area contributed by atoms with E-state index in [4.69, 9.17) is 4.42 Å². The van der Waals surface area contributed by atoms with E-state index in [2.05, 4.69) is 87.6 Å². The Kier molecular flexibility index (Phi) is 3.20. The van der Waals surface area contributed by atoms with Gasteiger partial charge in [-0.3, -0.25) is 0 Å². The number of nitrogens with zero attached hydrogens (tertiary/aromatic N) is 3. The molecular formula is C24H17N3O. The van der Waals surface area contributed by atoms with Gasteiger partial charge in [-0.15, -0.1) is 0 Å². The normalized spacial score (nSPS) is 13.4. The highest BCUT2D eigenvalue weighted by atomic mass is 16.3. The molecule has 134 valence electrons. The average Bonchev–Trinajstić information content (AvgIpc) is 3.33. The molecule has 28 heavy (non-hydrogen) atoms. The van der Waals surface area contributed by atoms with Crippen LogP contribution >= 0.6 is 0 Å². The van der Waals surface area contributed by atoms with Crippen LogP contribution in [-0.2, 0) is 0 Å². The van der Waals surface area contributed by atoms with Gasteiger partial charge in [0.15, 0.2) is 5.58 Å². The van der Waals surface area contributed by atoms with Crippen molar-refractivity contribution in [3.05, 3.63) is 91.1 Å². The zero-order valence-corrected chi connectivity index (χ0v) is 15.1. The van der Waals surface area contributed by atoms with Gasteiger partial charge in [0.25, 0.3) is 0 Å². The average molecular weight is 363 g/mol. The molecule has 1 aliphatic heterocycles. The first-order chi connectivity index (χ1) is 13.9. The van der Waals surface area contributed by atoms with E-state index in [0.29, 0.717) is 5.71 Å². The molecule has 0 bridgehead atoms. The number of fused-ring (bicyclic) bond motifs is 4. The van der Waals surface area contributed by atoms with Crippen molar-refractivity contribution in [1.29, 1.82) is 0 Å². The van der Waals surface area contributed by atoms with Gasteiger partial charge in [-0.2, -0.15) is 0 Å². The van der Waals surface area contributed by atoms with E-state index in [9.17, 15) is 0 Å². The van der Waals surface area contributed by atoms with Crippen molar-refractivity contribution < 1.29 is 4.42 Å². The number of hydrogen-bond donors (Lipinski definition) is 0. The minimum atomic E-state index is 0.678. The molecule has 0 atom stereocenters. The number of benzene rings is 3. The Hall–Kier alpha value is -3.79. The number of hydrogen-bond acceptors (Lipinski definition) is 4. The van der Waals surface area contributed by atoms with Crippen LogP contribution in [0.3, 0.4) is 0 Å². The smallest absolute Gasteiger partial charge is 0.227 e. The van der Waals surface area contributed by atoms with Gasteiger partial charge in [-0.1, -0.05) is 42.5 Å². The molecule has 2 aromatic heterocycles. The SMILES string of the molecule is c1ccc(N2CN(c3cccc4c3oc3ncccc34)c3ccccc32)cc1. The largest absolute Gasteiger partial charge is 0.436 e. The maximum atomic E-state index is 6.18. The van der Waals surface area contributed by atoms with Crippen LogP contribution in [-0.4, -0.2) is 11.7 Å². The monoisotopic (exact) mass is 363 g/mol. The van der Waals surface area contributed by atoms with Crippen LogP contribution in [0.2, 0.25) is 0 Å². The van der Waals surface area contributed by atoms with Gasteiger partial charge in [0.1, 0.15) is 6.67 Å². The molecule has 1 aliphatic rings. The Labute approximate surface area is 162 Å². The van der Waals surface area contributed by atoms with Gasteiger partial charge < -0.3 is 14.2 Å². The second-order valence-corrected chi connectivity index (χ2v) is 6.93. The third kappa shape index (κ3) is 2.15. The molecule has 0 radical (unpaired) electrons. The Morgan fingerprint density at radius 2 is 1.36 bits per heavy atom. The van der Waals surface area contributed by atoms with E-state index >= 15 is 0 Å². The number of pyridine rings is 1. The molecule has 0 saturated carbocycles. The van der Waals surface area contributed by atoms with Gasteiger partial charge in [0, 0.05) is 22.7 Å². The molecule has 4 nitrogen and oxygen atoms in total. The summed E-state index contributed by atoms with van der Waals surface area (Å²) < 4.78 is 6.18. The van der Waals surface area contributed by atoms with Crippen molar-refractivity contribution >= 4 is 44.8 Å². The van der Waals surface area contributed by atoms with E-state index < -0.39 is 0 Å². The molecular weight excluding hydrogens is 346 g/mol. The van der Waals surface area contributed by atoms with Crippen LogP contribution < -0.4 is 9.80 Å². The third-order valence-corrected chi connectivity index (χ3v) is 5.36. The first kappa shape index (κ1) is 15.3. The van der Waals surface area contributed by atoms with E-state index in [1.54, 1.807) is 6.20 Å². The third-order valence-electron chi connectivity index (χ3n) is 5.36. The lowest BCUT2D eigenvalue weighted by Gasteiger charge is -2.22. The minimum absolute atomic E-state index is 0.678. The lowest BCUT2D eigenvalue weighted by molar-refractivity contribution is 0.653. The van der Waals surface area contributed by atoms with Crippen LogP contribution in [0.15, 0.2) is 95.5 Å². The Balaban J connectivity index is 1.56. The van der Waals surface area contributed by atoms with Gasteiger partial charge in [0.05, 0.1) is 17.1 Å². The summed E-state index contributed by atoms with van der Waals surface area (Å²) in [4.78, 5) is 9.04. The summed E-state index contributed by atoms with van der Waals surface area (Å²) in [5.74, 6) is 0. The summed E-state index contributed by atoms with van der Waals surface area (Å²) in [6.07, 6.45) is 1.77. The summed E-state index contributed by atoms with van der Waals surface area (Å²) in [7, 11) is 0. The first-order valence-electron chi connectivity index (χ1n) is 9.35. The van der Waals surface area contributed by atoms with Gasteiger partial charge in [-0.05, 0) is 42.5 Å².